The molecule has 1 saturated heterocycles. The highest BCUT2D eigenvalue weighted by Gasteiger charge is 2.22. The van der Waals surface area contributed by atoms with Gasteiger partial charge in [0.25, 0.3) is 0 Å². The molecule has 1 aliphatic heterocycles. The van der Waals surface area contributed by atoms with Crippen molar-refractivity contribution in [3.63, 3.8) is 0 Å². The zero-order chi connectivity index (χ0) is 18.5. The normalized spacial score (nSPS) is 14.9. The Morgan fingerprint density at radius 2 is 1.96 bits per heavy atom. The zero-order valence-electron chi connectivity index (χ0n) is 15.5. The van der Waals surface area contributed by atoms with E-state index in [2.05, 4.69) is 20.3 Å². The first kappa shape index (κ1) is 21.4. The summed E-state index contributed by atoms with van der Waals surface area (Å²) in [6, 6.07) is 3.58. The molecule has 2 heterocycles. The number of nitrogens with one attached hydrogen (secondary N) is 1. The molecule has 0 aliphatic carbocycles. The first-order valence-electron chi connectivity index (χ1n) is 8.77. The summed E-state index contributed by atoms with van der Waals surface area (Å²) < 4.78 is 29.2. The van der Waals surface area contributed by atoms with Gasteiger partial charge in [-0.15, -0.1) is 24.0 Å². The predicted molar refractivity (Wildman–Crippen MR) is 114 cm³/mol. The second-order valence-electron chi connectivity index (χ2n) is 6.26. The molecule has 2 aromatic rings. The van der Waals surface area contributed by atoms with E-state index in [0.717, 1.165) is 24.1 Å². The highest BCUT2D eigenvalue weighted by molar-refractivity contribution is 14.0. The fourth-order valence-electron chi connectivity index (χ4n) is 3.03. The molecule has 0 bridgehead atoms. The van der Waals surface area contributed by atoms with Gasteiger partial charge >= 0.3 is 0 Å². The van der Waals surface area contributed by atoms with Gasteiger partial charge in [0.15, 0.2) is 5.96 Å². The molecule has 148 valence electrons. The van der Waals surface area contributed by atoms with Crippen LogP contribution in [0.4, 0.5) is 14.5 Å². The Hall–Kier alpha value is -1.91. The molecule has 0 spiro atoms. The Kier molecular flexibility index (Phi) is 7.81. The molecule has 0 radical (unpaired) electrons. The molecule has 1 N–H and O–H groups in total. The van der Waals surface area contributed by atoms with Crippen LogP contribution >= 0.6 is 24.0 Å². The first-order valence-corrected chi connectivity index (χ1v) is 8.77. The Morgan fingerprint density at radius 1 is 1.22 bits per heavy atom. The lowest BCUT2D eigenvalue weighted by Crippen LogP contribution is -2.52. The molecule has 1 aliphatic rings. The van der Waals surface area contributed by atoms with Gasteiger partial charge in [-0.05, 0) is 19.1 Å². The minimum Gasteiger partial charge on any atom is -0.366 e. The van der Waals surface area contributed by atoms with Crippen LogP contribution in [0.5, 0.6) is 0 Å². The van der Waals surface area contributed by atoms with Gasteiger partial charge in [0.05, 0.1) is 18.4 Å². The SMILES string of the molecule is CCNC(=NCc1cnn(C)c1)N1CCN(c2cc(F)ccc2F)CC1.I. The van der Waals surface area contributed by atoms with E-state index in [1.165, 1.54) is 12.1 Å². The minimum atomic E-state index is -0.421. The van der Waals surface area contributed by atoms with Gasteiger partial charge in [-0.1, -0.05) is 0 Å². The van der Waals surface area contributed by atoms with Gasteiger partial charge in [-0.2, -0.15) is 5.10 Å². The second kappa shape index (κ2) is 9.86. The number of benzene rings is 1. The van der Waals surface area contributed by atoms with E-state index in [9.17, 15) is 8.78 Å². The smallest absolute Gasteiger partial charge is 0.194 e. The lowest BCUT2D eigenvalue weighted by Gasteiger charge is -2.37. The van der Waals surface area contributed by atoms with Crippen molar-refractivity contribution in [2.75, 3.05) is 37.6 Å². The monoisotopic (exact) mass is 490 g/mol. The summed E-state index contributed by atoms with van der Waals surface area (Å²) >= 11 is 0. The lowest BCUT2D eigenvalue weighted by molar-refractivity contribution is 0.370. The summed E-state index contributed by atoms with van der Waals surface area (Å²) in [6.07, 6.45) is 3.75. The van der Waals surface area contributed by atoms with Crippen LogP contribution in [0.25, 0.3) is 0 Å². The fraction of sp³-hybridized carbons (Fsp3) is 0.444. The number of hydrogen-bond donors (Lipinski definition) is 1. The molecule has 1 fully saturated rings. The summed E-state index contributed by atoms with van der Waals surface area (Å²) in [5.74, 6) is 0.0166. The van der Waals surface area contributed by atoms with E-state index in [1.807, 2.05) is 25.1 Å². The summed E-state index contributed by atoms with van der Waals surface area (Å²) in [4.78, 5) is 8.70. The van der Waals surface area contributed by atoms with E-state index in [-0.39, 0.29) is 24.0 Å². The maximum absolute atomic E-state index is 14.0. The van der Waals surface area contributed by atoms with Crippen LogP contribution in [0.3, 0.4) is 0 Å². The van der Waals surface area contributed by atoms with Crippen LogP contribution in [0.2, 0.25) is 0 Å². The molecule has 1 aromatic carbocycles. The van der Waals surface area contributed by atoms with Crippen molar-refractivity contribution >= 4 is 35.6 Å². The molecule has 0 atom stereocenters. The number of aromatic nitrogens is 2. The van der Waals surface area contributed by atoms with Crippen molar-refractivity contribution in [1.82, 2.24) is 20.0 Å². The van der Waals surface area contributed by atoms with Crippen molar-refractivity contribution in [3.05, 3.63) is 47.8 Å². The molecular weight excluding hydrogens is 465 g/mol. The van der Waals surface area contributed by atoms with E-state index in [1.54, 1.807) is 10.9 Å². The van der Waals surface area contributed by atoms with Crippen LogP contribution in [-0.2, 0) is 13.6 Å². The Morgan fingerprint density at radius 3 is 2.59 bits per heavy atom. The highest BCUT2D eigenvalue weighted by Crippen LogP contribution is 2.22. The maximum atomic E-state index is 14.0. The number of piperazine rings is 1. The van der Waals surface area contributed by atoms with Crippen LogP contribution in [0, 0.1) is 11.6 Å². The van der Waals surface area contributed by atoms with Gasteiger partial charge < -0.3 is 15.1 Å². The van der Waals surface area contributed by atoms with E-state index in [0.29, 0.717) is 38.4 Å². The zero-order valence-corrected chi connectivity index (χ0v) is 17.9. The Balaban J connectivity index is 0.00000261. The molecule has 3 rings (SSSR count). The van der Waals surface area contributed by atoms with Crippen LogP contribution in [-0.4, -0.2) is 53.4 Å². The first-order chi connectivity index (χ1) is 12.6. The standard InChI is InChI=1S/C18H24F2N6.HI/c1-3-21-18(22-11-14-12-23-24(2)13-14)26-8-6-25(7-9-26)17-10-15(19)4-5-16(17)20;/h4-5,10,12-13H,3,6-9,11H2,1-2H3,(H,21,22);1H. The van der Waals surface area contributed by atoms with E-state index < -0.39 is 11.6 Å². The number of guanidine groups is 1. The molecule has 0 amide bonds. The molecule has 27 heavy (non-hydrogen) atoms. The highest BCUT2D eigenvalue weighted by atomic mass is 127. The van der Waals surface area contributed by atoms with Crippen molar-refractivity contribution < 1.29 is 8.78 Å². The lowest BCUT2D eigenvalue weighted by atomic mass is 10.2. The number of aryl methyl sites for hydroxylation is 1. The number of aliphatic imine (C=N–C) groups is 1. The number of anilines is 1. The van der Waals surface area contributed by atoms with Crippen LogP contribution in [0.15, 0.2) is 35.6 Å². The largest absolute Gasteiger partial charge is 0.366 e. The van der Waals surface area contributed by atoms with Gasteiger partial charge in [0.2, 0.25) is 0 Å². The Bertz CT molecular complexity index is 771. The average molecular weight is 490 g/mol. The molecule has 9 heteroatoms. The third-order valence-electron chi connectivity index (χ3n) is 4.33. The van der Waals surface area contributed by atoms with E-state index in [4.69, 9.17) is 0 Å². The third-order valence-corrected chi connectivity index (χ3v) is 4.33. The van der Waals surface area contributed by atoms with Crippen LogP contribution < -0.4 is 10.2 Å². The van der Waals surface area contributed by atoms with Crippen molar-refractivity contribution in [2.45, 2.75) is 13.5 Å². The molecule has 6 nitrogen and oxygen atoms in total. The average Bonchev–Trinajstić information content (AvgIpc) is 3.06. The third kappa shape index (κ3) is 5.53. The Labute approximate surface area is 175 Å². The summed E-state index contributed by atoms with van der Waals surface area (Å²) in [5, 5.41) is 7.45. The van der Waals surface area contributed by atoms with Crippen molar-refractivity contribution in [3.8, 4) is 0 Å². The fourth-order valence-corrected chi connectivity index (χ4v) is 3.03. The van der Waals surface area contributed by atoms with Gasteiger partial charge in [-0.25, -0.2) is 13.8 Å². The predicted octanol–water partition coefficient (Wildman–Crippen LogP) is 2.60. The number of rotatable bonds is 4. The molecule has 0 saturated carbocycles. The molecule has 1 aromatic heterocycles. The summed E-state index contributed by atoms with van der Waals surface area (Å²) in [7, 11) is 1.88. The van der Waals surface area contributed by atoms with Gasteiger partial charge in [-0.3, -0.25) is 4.68 Å². The van der Waals surface area contributed by atoms with Gasteiger partial charge in [0, 0.05) is 57.6 Å². The van der Waals surface area contributed by atoms with Crippen molar-refractivity contribution in [2.24, 2.45) is 12.0 Å². The molecule has 0 unspecified atom stereocenters. The minimum absolute atomic E-state index is 0. The number of nitrogens with zero attached hydrogens (tertiary/aromatic N) is 5. The van der Waals surface area contributed by atoms with Crippen molar-refractivity contribution in [1.29, 1.82) is 0 Å². The van der Waals surface area contributed by atoms with E-state index >= 15 is 0 Å². The number of halogens is 3. The number of hydrogen-bond acceptors (Lipinski definition) is 3. The second-order valence-corrected chi connectivity index (χ2v) is 6.26. The molecular formula is C18H25F2IN6. The topological polar surface area (TPSA) is 48.7 Å². The van der Waals surface area contributed by atoms with Gasteiger partial charge in [0.1, 0.15) is 11.6 Å². The quantitative estimate of drug-likeness (QED) is 0.407. The summed E-state index contributed by atoms with van der Waals surface area (Å²) in [6.45, 7) is 5.94. The summed E-state index contributed by atoms with van der Waals surface area (Å²) in [5.41, 5.74) is 1.37. The van der Waals surface area contributed by atoms with Crippen LogP contribution in [0.1, 0.15) is 12.5 Å². The maximum Gasteiger partial charge on any atom is 0.194 e.